The summed E-state index contributed by atoms with van der Waals surface area (Å²) in [5, 5.41) is 0. The van der Waals surface area contributed by atoms with Crippen LogP contribution < -0.4 is 0 Å². The van der Waals surface area contributed by atoms with Crippen LogP contribution in [0.2, 0.25) is 0 Å². The molecule has 0 saturated heterocycles. The minimum absolute atomic E-state index is 0.0854. The zero-order valence-electron chi connectivity index (χ0n) is 11.0. The predicted octanol–water partition coefficient (Wildman–Crippen LogP) is 4.71. The fraction of sp³-hybridized carbons (Fsp3) is 0.571. The Balaban J connectivity index is 3.51. The maximum atomic E-state index is 14.4. The monoisotopic (exact) mass is 240 g/mol. The van der Waals surface area contributed by atoms with Crippen LogP contribution in [0.25, 0.3) is 0 Å². The predicted molar refractivity (Wildman–Crippen MR) is 71.1 cm³/mol. The van der Waals surface area contributed by atoms with E-state index < -0.39 is 0 Å². The van der Waals surface area contributed by atoms with E-state index in [4.69, 9.17) is 0 Å². The Morgan fingerprint density at radius 1 is 0.875 bits per heavy atom. The van der Waals surface area contributed by atoms with Crippen LogP contribution in [0, 0.1) is 5.82 Å². The van der Waals surface area contributed by atoms with Gasteiger partial charge in [0.05, 0.1) is 0 Å². The molecule has 0 N–H and O–H groups in total. The van der Waals surface area contributed by atoms with Gasteiger partial charge in [0.2, 0.25) is 0 Å². The van der Waals surface area contributed by atoms with Gasteiger partial charge in [-0.15, -0.1) is 12.6 Å². The highest BCUT2D eigenvalue weighted by molar-refractivity contribution is 7.80. The molecule has 0 fully saturated rings. The molecule has 0 aliphatic carbocycles. The van der Waals surface area contributed by atoms with Gasteiger partial charge in [0.25, 0.3) is 0 Å². The first-order valence-electron chi connectivity index (χ1n) is 5.57. The summed E-state index contributed by atoms with van der Waals surface area (Å²) in [4.78, 5) is 0.830. The van der Waals surface area contributed by atoms with E-state index >= 15 is 0 Å². The molecule has 1 rings (SSSR count). The standard InChI is InChI=1S/C14H21FS/c1-13(2,3)10-7-9(16)8-11(12(10)15)14(4,5)6/h7-8,16H,1-6H3. The highest BCUT2D eigenvalue weighted by Gasteiger charge is 2.26. The molecule has 0 nitrogen and oxygen atoms in total. The first-order chi connectivity index (χ1) is 7.03. The number of benzene rings is 1. The van der Waals surface area contributed by atoms with Crippen LogP contribution in [-0.2, 0) is 10.8 Å². The molecule has 0 radical (unpaired) electrons. The second-order valence-electron chi connectivity index (χ2n) is 6.35. The van der Waals surface area contributed by atoms with Gasteiger partial charge in [-0.1, -0.05) is 41.5 Å². The Hall–Kier alpha value is -0.500. The number of thiol groups is 1. The molecule has 0 bridgehead atoms. The van der Waals surface area contributed by atoms with E-state index in [0.29, 0.717) is 0 Å². The summed E-state index contributed by atoms with van der Waals surface area (Å²) in [6.45, 7) is 12.1. The zero-order chi connectivity index (χ0) is 12.7. The van der Waals surface area contributed by atoms with Crippen molar-refractivity contribution in [2.75, 3.05) is 0 Å². The van der Waals surface area contributed by atoms with Crippen LogP contribution in [-0.4, -0.2) is 0 Å². The molecule has 0 unspecified atom stereocenters. The van der Waals surface area contributed by atoms with Gasteiger partial charge in [-0.05, 0) is 34.1 Å². The van der Waals surface area contributed by atoms with Crippen molar-refractivity contribution in [2.24, 2.45) is 0 Å². The maximum absolute atomic E-state index is 14.4. The van der Waals surface area contributed by atoms with Crippen LogP contribution >= 0.6 is 12.6 Å². The van der Waals surface area contributed by atoms with E-state index in [1.54, 1.807) is 0 Å². The van der Waals surface area contributed by atoms with Gasteiger partial charge in [0.1, 0.15) is 5.82 Å². The van der Waals surface area contributed by atoms with Crippen LogP contribution in [0.4, 0.5) is 4.39 Å². The van der Waals surface area contributed by atoms with Crippen LogP contribution in [0.3, 0.4) is 0 Å². The van der Waals surface area contributed by atoms with E-state index in [1.807, 2.05) is 53.7 Å². The van der Waals surface area contributed by atoms with Gasteiger partial charge < -0.3 is 0 Å². The lowest BCUT2D eigenvalue weighted by molar-refractivity contribution is 0.479. The first kappa shape index (κ1) is 13.6. The number of rotatable bonds is 0. The molecule has 1 aromatic carbocycles. The van der Waals surface area contributed by atoms with Crippen molar-refractivity contribution in [2.45, 2.75) is 57.3 Å². The summed E-state index contributed by atoms with van der Waals surface area (Å²) >= 11 is 4.37. The minimum Gasteiger partial charge on any atom is -0.206 e. The number of hydrogen-bond acceptors (Lipinski definition) is 1. The van der Waals surface area contributed by atoms with E-state index in [-0.39, 0.29) is 16.6 Å². The molecular formula is C14H21FS. The van der Waals surface area contributed by atoms with Gasteiger partial charge >= 0.3 is 0 Å². The number of hydrogen-bond donors (Lipinski definition) is 1. The topological polar surface area (TPSA) is 0 Å². The van der Waals surface area contributed by atoms with Gasteiger partial charge in [-0.2, -0.15) is 0 Å². The van der Waals surface area contributed by atoms with E-state index in [0.717, 1.165) is 16.0 Å². The molecule has 0 aliphatic rings. The molecule has 2 heteroatoms. The van der Waals surface area contributed by atoms with Crippen molar-refractivity contribution >= 4 is 12.6 Å². The summed E-state index contributed by atoms with van der Waals surface area (Å²) < 4.78 is 14.4. The molecule has 0 aromatic heterocycles. The lowest BCUT2D eigenvalue weighted by Gasteiger charge is -2.26. The Bertz CT molecular complexity index is 359. The maximum Gasteiger partial charge on any atom is 0.130 e. The summed E-state index contributed by atoms with van der Waals surface area (Å²) in [5.74, 6) is -0.0854. The minimum atomic E-state index is -0.192. The third-order valence-electron chi connectivity index (χ3n) is 2.67. The van der Waals surface area contributed by atoms with E-state index in [2.05, 4.69) is 12.6 Å². The van der Waals surface area contributed by atoms with Gasteiger partial charge in [0, 0.05) is 4.90 Å². The fourth-order valence-corrected chi connectivity index (χ4v) is 1.96. The van der Waals surface area contributed by atoms with Crippen molar-refractivity contribution in [3.63, 3.8) is 0 Å². The van der Waals surface area contributed by atoms with Crippen LogP contribution in [0.15, 0.2) is 17.0 Å². The van der Waals surface area contributed by atoms with Crippen molar-refractivity contribution in [1.82, 2.24) is 0 Å². The third kappa shape index (κ3) is 2.79. The highest BCUT2D eigenvalue weighted by Crippen LogP contribution is 2.34. The van der Waals surface area contributed by atoms with Crippen molar-refractivity contribution in [1.29, 1.82) is 0 Å². The fourth-order valence-electron chi connectivity index (χ4n) is 1.70. The third-order valence-corrected chi connectivity index (χ3v) is 2.93. The lowest BCUT2D eigenvalue weighted by atomic mass is 9.80. The van der Waals surface area contributed by atoms with Crippen molar-refractivity contribution in [3.05, 3.63) is 29.1 Å². The molecule has 90 valence electrons. The second-order valence-corrected chi connectivity index (χ2v) is 6.87. The Kier molecular flexibility index (Phi) is 3.45. The summed E-state index contributed by atoms with van der Waals surface area (Å²) in [6, 6.07) is 3.65. The Morgan fingerprint density at radius 2 is 1.19 bits per heavy atom. The average molecular weight is 240 g/mol. The second kappa shape index (κ2) is 4.06. The average Bonchev–Trinajstić information content (AvgIpc) is 2.04. The SMILES string of the molecule is CC(C)(C)c1cc(S)cc(C(C)(C)C)c1F. The quantitative estimate of drug-likeness (QED) is 0.624. The Morgan fingerprint density at radius 3 is 1.44 bits per heavy atom. The molecule has 0 atom stereocenters. The molecule has 0 amide bonds. The van der Waals surface area contributed by atoms with Crippen molar-refractivity contribution < 1.29 is 4.39 Å². The molecule has 1 aromatic rings. The Labute approximate surface area is 104 Å². The summed E-state index contributed by atoms with van der Waals surface area (Å²) in [7, 11) is 0. The molecule has 0 aliphatic heterocycles. The van der Waals surface area contributed by atoms with Gasteiger partial charge in [-0.25, -0.2) is 4.39 Å². The summed E-state index contributed by atoms with van der Waals surface area (Å²) in [6.07, 6.45) is 0. The smallest absolute Gasteiger partial charge is 0.130 e. The van der Waals surface area contributed by atoms with Gasteiger partial charge in [0.15, 0.2) is 0 Å². The lowest BCUT2D eigenvalue weighted by Crippen LogP contribution is -2.20. The van der Waals surface area contributed by atoms with E-state index in [1.165, 1.54) is 0 Å². The van der Waals surface area contributed by atoms with Crippen molar-refractivity contribution in [3.8, 4) is 0 Å². The molecule has 16 heavy (non-hydrogen) atoms. The van der Waals surface area contributed by atoms with Gasteiger partial charge in [-0.3, -0.25) is 0 Å². The van der Waals surface area contributed by atoms with Crippen LogP contribution in [0.1, 0.15) is 52.7 Å². The largest absolute Gasteiger partial charge is 0.206 e. The number of halogens is 1. The molecule has 0 saturated carbocycles. The molecular weight excluding hydrogens is 219 g/mol. The normalized spacial score (nSPS) is 13.0. The summed E-state index contributed by atoms with van der Waals surface area (Å²) in [5.41, 5.74) is 1.10. The first-order valence-corrected chi connectivity index (χ1v) is 6.01. The van der Waals surface area contributed by atoms with Crippen LogP contribution in [0.5, 0.6) is 0 Å². The zero-order valence-corrected chi connectivity index (χ0v) is 11.9. The molecule has 0 heterocycles. The van der Waals surface area contributed by atoms with E-state index in [9.17, 15) is 4.39 Å². The molecule has 0 spiro atoms. The highest BCUT2D eigenvalue weighted by atomic mass is 32.1.